The topological polar surface area (TPSA) is 91.7 Å². The quantitative estimate of drug-likeness (QED) is 0.532. The standard InChI is InChI=1S/C22H22ClN3O5/c1-14(21(27)25-19-10-17(29-2)8-9-20(19)30-3)31-22(28)16-11-24-26(13-16)12-15-6-4-5-7-18(15)23/h4-11,13-14H,12H2,1-3H3,(H,25,27). The molecule has 31 heavy (non-hydrogen) atoms. The lowest BCUT2D eigenvalue weighted by molar-refractivity contribution is -0.123. The van der Waals surface area contributed by atoms with Crippen LogP contribution in [-0.4, -0.2) is 42.0 Å². The number of nitrogens with one attached hydrogen (secondary N) is 1. The number of aromatic nitrogens is 2. The summed E-state index contributed by atoms with van der Waals surface area (Å²) in [6.07, 6.45) is 1.88. The predicted octanol–water partition coefficient (Wildman–Crippen LogP) is 3.79. The molecule has 0 spiro atoms. The summed E-state index contributed by atoms with van der Waals surface area (Å²) in [6.45, 7) is 1.88. The Morgan fingerprint density at radius 1 is 1.16 bits per heavy atom. The highest BCUT2D eigenvalue weighted by Crippen LogP contribution is 2.29. The molecule has 3 aromatic rings. The van der Waals surface area contributed by atoms with E-state index in [1.165, 1.54) is 27.3 Å². The predicted molar refractivity (Wildman–Crippen MR) is 116 cm³/mol. The van der Waals surface area contributed by atoms with Gasteiger partial charge in [0.1, 0.15) is 11.5 Å². The van der Waals surface area contributed by atoms with Crippen LogP contribution in [0.2, 0.25) is 5.02 Å². The van der Waals surface area contributed by atoms with Gasteiger partial charge in [0.25, 0.3) is 5.91 Å². The number of carbonyl (C=O) groups excluding carboxylic acids is 2. The third kappa shape index (κ3) is 5.55. The number of rotatable bonds is 8. The van der Waals surface area contributed by atoms with Gasteiger partial charge in [0.05, 0.1) is 38.2 Å². The molecule has 0 aliphatic rings. The number of benzene rings is 2. The molecule has 0 saturated carbocycles. The van der Waals surface area contributed by atoms with E-state index in [0.29, 0.717) is 28.8 Å². The summed E-state index contributed by atoms with van der Waals surface area (Å²) >= 11 is 6.16. The highest BCUT2D eigenvalue weighted by atomic mass is 35.5. The Kier molecular flexibility index (Phi) is 7.15. The van der Waals surface area contributed by atoms with E-state index in [1.807, 2.05) is 18.2 Å². The number of ether oxygens (including phenoxy) is 3. The van der Waals surface area contributed by atoms with E-state index < -0.39 is 18.0 Å². The summed E-state index contributed by atoms with van der Waals surface area (Å²) in [7, 11) is 3.00. The number of halogens is 1. The van der Waals surface area contributed by atoms with Crippen molar-refractivity contribution in [3.63, 3.8) is 0 Å². The molecule has 9 heteroatoms. The smallest absolute Gasteiger partial charge is 0.342 e. The molecule has 0 saturated heterocycles. The average molecular weight is 444 g/mol. The van der Waals surface area contributed by atoms with E-state index >= 15 is 0 Å². The first kappa shape index (κ1) is 22.2. The molecule has 0 bridgehead atoms. The van der Waals surface area contributed by atoms with Gasteiger partial charge in [0.15, 0.2) is 6.10 Å². The number of methoxy groups -OCH3 is 2. The summed E-state index contributed by atoms with van der Waals surface area (Å²) < 4.78 is 17.3. The fourth-order valence-electron chi connectivity index (χ4n) is 2.78. The lowest BCUT2D eigenvalue weighted by Crippen LogP contribution is -2.30. The van der Waals surface area contributed by atoms with E-state index in [0.717, 1.165) is 5.56 Å². The second-order valence-corrected chi connectivity index (χ2v) is 7.03. The summed E-state index contributed by atoms with van der Waals surface area (Å²) in [4.78, 5) is 25.0. The normalized spacial score (nSPS) is 11.5. The van der Waals surface area contributed by atoms with Crippen molar-refractivity contribution in [1.82, 2.24) is 9.78 Å². The Hall–Kier alpha value is -3.52. The molecule has 0 aliphatic carbocycles. The molecular weight excluding hydrogens is 422 g/mol. The van der Waals surface area contributed by atoms with Crippen molar-refractivity contribution in [2.45, 2.75) is 19.6 Å². The number of carbonyl (C=O) groups is 2. The second-order valence-electron chi connectivity index (χ2n) is 6.62. The second kappa shape index (κ2) is 9.99. The van der Waals surface area contributed by atoms with Crippen LogP contribution in [0.15, 0.2) is 54.9 Å². The lowest BCUT2D eigenvalue weighted by atomic mass is 10.2. The van der Waals surface area contributed by atoms with Crippen molar-refractivity contribution in [2.75, 3.05) is 19.5 Å². The summed E-state index contributed by atoms with van der Waals surface area (Å²) in [5, 5.41) is 7.45. The van der Waals surface area contributed by atoms with Crippen molar-refractivity contribution in [1.29, 1.82) is 0 Å². The average Bonchev–Trinajstić information content (AvgIpc) is 3.24. The maximum Gasteiger partial charge on any atom is 0.342 e. The zero-order chi connectivity index (χ0) is 22.4. The van der Waals surface area contributed by atoms with Crippen molar-refractivity contribution < 1.29 is 23.8 Å². The Balaban J connectivity index is 1.62. The van der Waals surface area contributed by atoms with Crippen LogP contribution < -0.4 is 14.8 Å². The largest absolute Gasteiger partial charge is 0.497 e. The van der Waals surface area contributed by atoms with Gasteiger partial charge in [-0.1, -0.05) is 29.8 Å². The van der Waals surface area contributed by atoms with Gasteiger partial charge in [-0.15, -0.1) is 0 Å². The molecule has 1 amide bonds. The van der Waals surface area contributed by atoms with Crippen LogP contribution in [0.5, 0.6) is 11.5 Å². The molecule has 1 aromatic heterocycles. The van der Waals surface area contributed by atoms with Crippen LogP contribution >= 0.6 is 11.6 Å². The van der Waals surface area contributed by atoms with Crippen LogP contribution in [0.1, 0.15) is 22.8 Å². The fraction of sp³-hybridized carbons (Fsp3) is 0.227. The fourth-order valence-corrected chi connectivity index (χ4v) is 2.98. The molecule has 8 nitrogen and oxygen atoms in total. The maximum absolute atomic E-state index is 12.5. The first-order valence-corrected chi connectivity index (χ1v) is 9.78. The molecule has 1 heterocycles. The minimum Gasteiger partial charge on any atom is -0.497 e. The van der Waals surface area contributed by atoms with Gasteiger partial charge in [-0.3, -0.25) is 9.48 Å². The zero-order valence-corrected chi connectivity index (χ0v) is 18.1. The first-order valence-electron chi connectivity index (χ1n) is 9.41. The van der Waals surface area contributed by atoms with Crippen molar-refractivity contribution in [2.24, 2.45) is 0 Å². The van der Waals surface area contributed by atoms with Crippen molar-refractivity contribution in [3.8, 4) is 11.5 Å². The molecule has 3 rings (SSSR count). The zero-order valence-electron chi connectivity index (χ0n) is 17.3. The molecular formula is C22H22ClN3O5. The SMILES string of the molecule is COc1ccc(OC)c(NC(=O)C(C)OC(=O)c2cnn(Cc3ccccc3Cl)c2)c1. The van der Waals surface area contributed by atoms with Gasteiger partial charge >= 0.3 is 5.97 Å². The molecule has 1 atom stereocenters. The van der Waals surface area contributed by atoms with E-state index in [9.17, 15) is 9.59 Å². The molecule has 0 radical (unpaired) electrons. The molecule has 0 aliphatic heterocycles. The van der Waals surface area contributed by atoms with Crippen molar-refractivity contribution >= 4 is 29.2 Å². The van der Waals surface area contributed by atoms with E-state index in [2.05, 4.69) is 10.4 Å². The van der Waals surface area contributed by atoms with Gasteiger partial charge in [-0.05, 0) is 30.7 Å². The Labute approximate surface area is 184 Å². The molecule has 2 aromatic carbocycles. The summed E-state index contributed by atoms with van der Waals surface area (Å²) in [5.74, 6) is -0.172. The Bertz CT molecular complexity index is 1080. The minimum absolute atomic E-state index is 0.227. The van der Waals surface area contributed by atoms with E-state index in [1.54, 1.807) is 35.1 Å². The van der Waals surface area contributed by atoms with Crippen LogP contribution in [0.3, 0.4) is 0 Å². The lowest BCUT2D eigenvalue weighted by Gasteiger charge is -2.15. The minimum atomic E-state index is -1.05. The third-order valence-electron chi connectivity index (χ3n) is 4.48. The van der Waals surface area contributed by atoms with Crippen LogP contribution in [0.4, 0.5) is 5.69 Å². The number of anilines is 1. The number of nitrogens with zero attached hydrogens (tertiary/aromatic N) is 2. The van der Waals surface area contributed by atoms with Gasteiger partial charge in [0.2, 0.25) is 0 Å². The first-order chi connectivity index (χ1) is 14.9. The Morgan fingerprint density at radius 2 is 1.94 bits per heavy atom. The summed E-state index contributed by atoms with van der Waals surface area (Å²) in [5.41, 5.74) is 1.50. The monoisotopic (exact) mass is 443 g/mol. The van der Waals surface area contributed by atoms with Gasteiger partial charge < -0.3 is 19.5 Å². The molecule has 1 unspecified atom stereocenters. The number of hydrogen-bond donors (Lipinski definition) is 1. The van der Waals surface area contributed by atoms with Gasteiger partial charge in [0, 0.05) is 17.3 Å². The van der Waals surface area contributed by atoms with Crippen LogP contribution in [0, 0.1) is 0 Å². The van der Waals surface area contributed by atoms with Crippen LogP contribution in [-0.2, 0) is 16.1 Å². The molecule has 162 valence electrons. The Morgan fingerprint density at radius 3 is 2.65 bits per heavy atom. The van der Waals surface area contributed by atoms with Crippen LogP contribution in [0.25, 0.3) is 0 Å². The highest BCUT2D eigenvalue weighted by Gasteiger charge is 2.21. The number of esters is 1. The van der Waals surface area contributed by atoms with Gasteiger partial charge in [-0.2, -0.15) is 5.10 Å². The number of hydrogen-bond acceptors (Lipinski definition) is 6. The maximum atomic E-state index is 12.5. The van der Waals surface area contributed by atoms with E-state index in [-0.39, 0.29) is 5.56 Å². The third-order valence-corrected chi connectivity index (χ3v) is 4.85. The van der Waals surface area contributed by atoms with Gasteiger partial charge in [-0.25, -0.2) is 4.79 Å². The number of amides is 1. The molecule has 0 fully saturated rings. The highest BCUT2D eigenvalue weighted by molar-refractivity contribution is 6.31. The van der Waals surface area contributed by atoms with E-state index in [4.69, 9.17) is 25.8 Å². The summed E-state index contributed by atoms with van der Waals surface area (Å²) in [6, 6.07) is 12.4. The molecule has 1 N–H and O–H groups in total. The van der Waals surface area contributed by atoms with Crippen molar-refractivity contribution in [3.05, 3.63) is 71.0 Å².